The van der Waals surface area contributed by atoms with E-state index in [9.17, 15) is 4.79 Å². The Morgan fingerprint density at radius 2 is 2.19 bits per heavy atom. The van der Waals surface area contributed by atoms with Crippen molar-refractivity contribution >= 4 is 21.8 Å². The number of hydrazine groups is 1. The highest BCUT2D eigenvalue weighted by Gasteiger charge is 1.99. The van der Waals surface area contributed by atoms with Crippen LogP contribution in [0.25, 0.3) is 0 Å². The molecule has 1 aromatic rings. The predicted octanol–water partition coefficient (Wildman–Crippen LogP) is 2.41. The van der Waals surface area contributed by atoms with Gasteiger partial charge in [-0.2, -0.15) is 0 Å². The summed E-state index contributed by atoms with van der Waals surface area (Å²) in [6, 6.07) is 8.28. The number of unbranched alkanes of at least 4 members (excludes halogenated alkanes) is 1. The molecule has 0 aliphatic rings. The van der Waals surface area contributed by atoms with Crippen molar-refractivity contribution in [2.45, 2.75) is 25.7 Å². The van der Waals surface area contributed by atoms with Crippen molar-refractivity contribution in [1.29, 1.82) is 0 Å². The van der Waals surface area contributed by atoms with Crippen LogP contribution in [0.1, 0.15) is 24.8 Å². The van der Waals surface area contributed by atoms with Gasteiger partial charge in [-0.05, 0) is 37.0 Å². The number of benzene rings is 1. The summed E-state index contributed by atoms with van der Waals surface area (Å²) in [4.78, 5) is 11.1. The van der Waals surface area contributed by atoms with E-state index < -0.39 is 0 Å². The van der Waals surface area contributed by atoms with Crippen LogP contribution in [-0.2, 0) is 11.2 Å². The fourth-order valence-corrected chi connectivity index (χ4v) is 1.96. The molecular formula is C12H17BrN2O. The molecule has 1 rings (SSSR count). The van der Waals surface area contributed by atoms with Crippen LogP contribution in [0.2, 0.25) is 0 Å². The van der Waals surface area contributed by atoms with Crippen LogP contribution >= 0.6 is 15.9 Å². The molecule has 4 heteroatoms. The van der Waals surface area contributed by atoms with E-state index in [0.29, 0.717) is 6.42 Å². The van der Waals surface area contributed by atoms with E-state index in [-0.39, 0.29) is 5.91 Å². The van der Waals surface area contributed by atoms with Gasteiger partial charge in [0, 0.05) is 17.9 Å². The number of hydrogen-bond acceptors (Lipinski definition) is 2. The van der Waals surface area contributed by atoms with Crippen LogP contribution in [0.4, 0.5) is 0 Å². The number of rotatable bonds is 6. The van der Waals surface area contributed by atoms with Crippen LogP contribution in [0, 0.1) is 0 Å². The Balaban J connectivity index is 2.18. The van der Waals surface area contributed by atoms with E-state index in [4.69, 9.17) is 0 Å². The minimum atomic E-state index is 0.0525. The summed E-state index contributed by atoms with van der Waals surface area (Å²) in [5.41, 5.74) is 6.49. The van der Waals surface area contributed by atoms with Crippen molar-refractivity contribution in [3.05, 3.63) is 34.3 Å². The molecule has 0 radical (unpaired) electrons. The second kappa shape index (κ2) is 7.41. The van der Waals surface area contributed by atoms with E-state index in [2.05, 4.69) is 38.9 Å². The molecule has 0 bridgehead atoms. The van der Waals surface area contributed by atoms with E-state index in [1.807, 2.05) is 12.1 Å². The molecule has 0 aliphatic heterocycles. The first-order chi connectivity index (χ1) is 7.72. The molecule has 0 saturated heterocycles. The first-order valence-electron chi connectivity index (χ1n) is 5.42. The quantitative estimate of drug-likeness (QED) is 0.622. The topological polar surface area (TPSA) is 41.1 Å². The van der Waals surface area contributed by atoms with Gasteiger partial charge in [0.25, 0.3) is 0 Å². The maximum absolute atomic E-state index is 11.1. The van der Waals surface area contributed by atoms with Gasteiger partial charge in [0.15, 0.2) is 0 Å². The molecule has 3 nitrogen and oxygen atoms in total. The van der Waals surface area contributed by atoms with Crippen LogP contribution < -0.4 is 10.9 Å². The minimum Gasteiger partial charge on any atom is -0.292 e. The van der Waals surface area contributed by atoms with Gasteiger partial charge < -0.3 is 0 Å². The Morgan fingerprint density at radius 3 is 2.88 bits per heavy atom. The molecular weight excluding hydrogens is 268 g/mol. The lowest BCUT2D eigenvalue weighted by Crippen LogP contribution is -2.33. The molecule has 88 valence electrons. The van der Waals surface area contributed by atoms with E-state index in [1.165, 1.54) is 5.56 Å². The highest BCUT2D eigenvalue weighted by Crippen LogP contribution is 2.13. The van der Waals surface area contributed by atoms with Gasteiger partial charge in [-0.1, -0.05) is 28.1 Å². The zero-order valence-corrected chi connectivity index (χ0v) is 11.0. The van der Waals surface area contributed by atoms with Gasteiger partial charge in [0.1, 0.15) is 0 Å². The van der Waals surface area contributed by atoms with Gasteiger partial charge >= 0.3 is 0 Å². The number of carbonyl (C=O) groups excluding carboxylic acids is 1. The lowest BCUT2D eigenvalue weighted by atomic mass is 10.1. The summed E-state index contributed by atoms with van der Waals surface area (Å²) in [5.74, 6) is 0.0525. The van der Waals surface area contributed by atoms with Crippen molar-refractivity contribution in [1.82, 2.24) is 10.9 Å². The highest BCUT2D eigenvalue weighted by atomic mass is 79.9. The Hall–Kier alpha value is -0.870. The van der Waals surface area contributed by atoms with Gasteiger partial charge in [0.05, 0.1) is 0 Å². The average molecular weight is 285 g/mol. The summed E-state index contributed by atoms with van der Waals surface area (Å²) in [5, 5.41) is 0. The number of aryl methyl sites for hydroxylation is 1. The lowest BCUT2D eigenvalue weighted by Gasteiger charge is -2.03. The maximum atomic E-state index is 11.1. The molecule has 0 aromatic heterocycles. The fraction of sp³-hybridized carbons (Fsp3) is 0.417. The Bertz CT molecular complexity index is 342. The number of amides is 1. The smallest absolute Gasteiger partial charge is 0.234 e. The van der Waals surface area contributed by atoms with Crippen molar-refractivity contribution in [2.24, 2.45) is 0 Å². The fourth-order valence-electron chi connectivity index (χ4n) is 1.51. The summed E-state index contributed by atoms with van der Waals surface area (Å²) in [6.07, 6.45) is 3.55. The number of carbonyl (C=O) groups is 1. The second-order valence-corrected chi connectivity index (χ2v) is 4.55. The second-order valence-electron chi connectivity index (χ2n) is 3.64. The molecule has 0 atom stereocenters. The van der Waals surface area contributed by atoms with Crippen LogP contribution in [0.15, 0.2) is 28.7 Å². The predicted molar refractivity (Wildman–Crippen MR) is 68.9 cm³/mol. The molecule has 0 heterocycles. The molecule has 0 fully saturated rings. The average Bonchev–Trinajstić information content (AvgIpc) is 2.25. The molecule has 0 aliphatic carbocycles. The third kappa shape index (κ3) is 5.28. The Morgan fingerprint density at radius 1 is 1.38 bits per heavy atom. The number of nitrogens with one attached hydrogen (secondary N) is 2. The molecule has 0 unspecified atom stereocenters. The van der Waals surface area contributed by atoms with E-state index >= 15 is 0 Å². The largest absolute Gasteiger partial charge is 0.292 e. The molecule has 16 heavy (non-hydrogen) atoms. The molecule has 0 saturated carbocycles. The van der Waals surface area contributed by atoms with Crippen molar-refractivity contribution in [3.8, 4) is 0 Å². The molecule has 1 amide bonds. The van der Waals surface area contributed by atoms with E-state index in [0.717, 1.165) is 23.7 Å². The monoisotopic (exact) mass is 284 g/mol. The van der Waals surface area contributed by atoms with Gasteiger partial charge in [-0.15, -0.1) is 0 Å². The highest BCUT2D eigenvalue weighted by molar-refractivity contribution is 9.10. The zero-order valence-electron chi connectivity index (χ0n) is 9.42. The van der Waals surface area contributed by atoms with Crippen molar-refractivity contribution in [3.63, 3.8) is 0 Å². The maximum Gasteiger partial charge on any atom is 0.234 e. The summed E-state index contributed by atoms with van der Waals surface area (Å²) >= 11 is 3.44. The zero-order chi connectivity index (χ0) is 11.8. The standard InChI is InChI=1S/C12H17BrN2O/c1-14-15-12(16)8-3-2-5-10-6-4-7-11(13)9-10/h4,6-7,9,14H,2-3,5,8H2,1H3,(H,15,16). The first kappa shape index (κ1) is 13.2. The van der Waals surface area contributed by atoms with Gasteiger partial charge in [-0.3, -0.25) is 10.2 Å². The van der Waals surface area contributed by atoms with Crippen LogP contribution in [0.5, 0.6) is 0 Å². The summed E-state index contributed by atoms with van der Waals surface area (Å²) in [6.45, 7) is 0. The Kier molecular flexibility index (Phi) is 6.11. The van der Waals surface area contributed by atoms with Gasteiger partial charge in [0.2, 0.25) is 5.91 Å². The third-order valence-electron chi connectivity index (χ3n) is 2.27. The summed E-state index contributed by atoms with van der Waals surface area (Å²) in [7, 11) is 1.69. The van der Waals surface area contributed by atoms with E-state index in [1.54, 1.807) is 7.05 Å². The molecule has 1 aromatic carbocycles. The number of halogens is 1. The first-order valence-corrected chi connectivity index (χ1v) is 6.21. The third-order valence-corrected chi connectivity index (χ3v) is 2.77. The SMILES string of the molecule is CNNC(=O)CCCCc1cccc(Br)c1. The van der Waals surface area contributed by atoms with Crippen LogP contribution in [0.3, 0.4) is 0 Å². The minimum absolute atomic E-state index is 0.0525. The molecule has 0 spiro atoms. The Labute approximate surface area is 105 Å². The van der Waals surface area contributed by atoms with Crippen molar-refractivity contribution in [2.75, 3.05) is 7.05 Å². The lowest BCUT2D eigenvalue weighted by molar-refractivity contribution is -0.122. The van der Waals surface area contributed by atoms with Gasteiger partial charge in [-0.25, -0.2) is 5.43 Å². The van der Waals surface area contributed by atoms with Crippen molar-refractivity contribution < 1.29 is 4.79 Å². The van der Waals surface area contributed by atoms with Crippen LogP contribution in [-0.4, -0.2) is 13.0 Å². The molecule has 2 N–H and O–H groups in total. The summed E-state index contributed by atoms with van der Waals surface area (Å²) < 4.78 is 1.11. The normalized spacial score (nSPS) is 10.1. The number of hydrogen-bond donors (Lipinski definition) is 2.